The molecule has 0 unspecified atom stereocenters. The topological polar surface area (TPSA) is 39.0 Å². The summed E-state index contributed by atoms with van der Waals surface area (Å²) in [4.78, 5) is 12.8. The highest BCUT2D eigenvalue weighted by Crippen LogP contribution is 2.29. The molecule has 29 heavy (non-hydrogen) atoms. The molecule has 5 heteroatoms. The first kappa shape index (κ1) is 17.9. The van der Waals surface area contributed by atoms with Gasteiger partial charge in [0, 0.05) is 55.5 Å². The van der Waals surface area contributed by atoms with Gasteiger partial charge in [0.15, 0.2) is 0 Å². The van der Waals surface area contributed by atoms with E-state index < -0.39 is 0 Å². The number of hydrogen-bond acceptors (Lipinski definition) is 2. The highest BCUT2D eigenvalue weighted by atomic mass is 19.1. The summed E-state index contributed by atoms with van der Waals surface area (Å²) >= 11 is 0. The zero-order valence-corrected chi connectivity index (χ0v) is 16.5. The molecule has 3 heterocycles. The summed E-state index contributed by atoms with van der Waals surface area (Å²) < 4.78 is 18.1. The van der Waals surface area contributed by atoms with E-state index in [4.69, 9.17) is 0 Å². The number of fused-ring (bicyclic) bond motifs is 3. The first-order valence-electron chi connectivity index (χ1n) is 9.83. The van der Waals surface area contributed by atoms with Gasteiger partial charge in [0.2, 0.25) is 0 Å². The minimum absolute atomic E-state index is 0.178. The molecule has 0 radical (unpaired) electrons. The Morgan fingerprint density at radius 3 is 2.72 bits per heavy atom. The van der Waals surface area contributed by atoms with Crippen LogP contribution < -0.4 is 10.9 Å². The average Bonchev–Trinajstić information content (AvgIpc) is 3.00. The quantitative estimate of drug-likeness (QED) is 0.563. The summed E-state index contributed by atoms with van der Waals surface area (Å²) in [6.45, 7) is 3.71. The molecule has 4 aromatic rings. The molecule has 0 aliphatic carbocycles. The van der Waals surface area contributed by atoms with Crippen molar-refractivity contribution < 1.29 is 4.39 Å². The smallest absolute Gasteiger partial charge is 0.255 e. The molecule has 4 nitrogen and oxygen atoms in total. The van der Waals surface area contributed by atoms with Crippen LogP contribution in [0.2, 0.25) is 0 Å². The van der Waals surface area contributed by atoms with Crippen molar-refractivity contribution in [1.82, 2.24) is 14.5 Å². The number of halogens is 1. The highest BCUT2D eigenvalue weighted by Gasteiger charge is 2.18. The zero-order valence-electron chi connectivity index (χ0n) is 16.5. The third kappa shape index (κ3) is 2.89. The average molecular weight is 387 g/mol. The molecule has 2 aromatic carbocycles. The highest BCUT2D eigenvalue weighted by molar-refractivity contribution is 5.87. The Labute approximate surface area is 168 Å². The van der Waals surface area contributed by atoms with Crippen molar-refractivity contribution >= 4 is 10.9 Å². The molecule has 0 bridgehead atoms. The van der Waals surface area contributed by atoms with Gasteiger partial charge in [-0.2, -0.15) is 0 Å². The molecule has 0 saturated carbocycles. The van der Waals surface area contributed by atoms with E-state index in [1.165, 1.54) is 28.8 Å². The maximum atomic E-state index is 14.3. The molecule has 2 aromatic heterocycles. The lowest BCUT2D eigenvalue weighted by Crippen LogP contribution is -2.24. The molecule has 1 N–H and O–H groups in total. The first-order chi connectivity index (χ1) is 14.0. The minimum Gasteiger partial charge on any atom is -0.347 e. The van der Waals surface area contributed by atoms with Crippen LogP contribution >= 0.6 is 0 Å². The Morgan fingerprint density at radius 1 is 1.07 bits per heavy atom. The first-order valence-corrected chi connectivity index (χ1v) is 9.83. The van der Waals surface area contributed by atoms with Gasteiger partial charge in [-0.05, 0) is 47.9 Å². The van der Waals surface area contributed by atoms with Crippen molar-refractivity contribution in [2.75, 3.05) is 6.54 Å². The second-order valence-electron chi connectivity index (χ2n) is 7.72. The van der Waals surface area contributed by atoms with E-state index in [1.54, 1.807) is 22.9 Å². The fraction of sp³-hybridized carbons (Fsp3) is 0.208. The minimum atomic E-state index is -0.313. The van der Waals surface area contributed by atoms with Crippen molar-refractivity contribution in [2.45, 2.75) is 19.9 Å². The van der Waals surface area contributed by atoms with Crippen molar-refractivity contribution in [3.63, 3.8) is 0 Å². The van der Waals surface area contributed by atoms with Crippen LogP contribution in [0, 0.1) is 12.7 Å². The molecule has 1 aliphatic rings. The van der Waals surface area contributed by atoms with E-state index >= 15 is 0 Å². The van der Waals surface area contributed by atoms with Crippen molar-refractivity contribution in [2.24, 2.45) is 7.05 Å². The Kier molecular flexibility index (Phi) is 4.14. The van der Waals surface area contributed by atoms with Crippen molar-refractivity contribution in [3.05, 3.63) is 87.7 Å². The predicted octanol–water partition coefficient (Wildman–Crippen LogP) is 4.09. The normalized spacial score (nSPS) is 13.6. The lowest BCUT2D eigenvalue weighted by molar-refractivity contribution is 0.622. The number of hydrogen-bond donors (Lipinski definition) is 1. The maximum absolute atomic E-state index is 14.3. The molecule has 5 rings (SSSR count). The Balaban J connectivity index is 1.60. The third-order valence-corrected chi connectivity index (χ3v) is 5.89. The van der Waals surface area contributed by atoms with E-state index in [1.807, 2.05) is 19.1 Å². The Hall–Kier alpha value is -3.18. The Bertz CT molecular complexity index is 1320. The summed E-state index contributed by atoms with van der Waals surface area (Å²) in [5.74, 6) is -0.313. The summed E-state index contributed by atoms with van der Waals surface area (Å²) in [5, 5.41) is 4.66. The van der Waals surface area contributed by atoms with Gasteiger partial charge in [0.25, 0.3) is 5.56 Å². The molecule has 1 aliphatic heterocycles. The van der Waals surface area contributed by atoms with Gasteiger partial charge >= 0.3 is 0 Å². The van der Waals surface area contributed by atoms with Crippen molar-refractivity contribution in [1.29, 1.82) is 0 Å². The molecule has 0 amide bonds. The van der Waals surface area contributed by atoms with Gasteiger partial charge in [-0.15, -0.1) is 0 Å². The van der Waals surface area contributed by atoms with Gasteiger partial charge in [-0.1, -0.05) is 18.2 Å². The SMILES string of the molecule is Cc1ccc(-c2ccn(-c3ccc4c5c(n(C)c4c3)CCNC5)c(=O)c2)c(F)c1. The van der Waals surface area contributed by atoms with Gasteiger partial charge in [0.1, 0.15) is 5.82 Å². The lowest BCUT2D eigenvalue weighted by Gasteiger charge is -2.14. The molecule has 0 atom stereocenters. The molecule has 0 saturated heterocycles. The Morgan fingerprint density at radius 2 is 1.93 bits per heavy atom. The number of rotatable bonds is 2. The summed E-state index contributed by atoms with van der Waals surface area (Å²) in [7, 11) is 2.09. The van der Waals surface area contributed by atoms with Gasteiger partial charge < -0.3 is 9.88 Å². The molecule has 146 valence electrons. The van der Waals surface area contributed by atoms with E-state index in [-0.39, 0.29) is 11.4 Å². The van der Waals surface area contributed by atoms with Crippen molar-refractivity contribution in [3.8, 4) is 16.8 Å². The second kappa shape index (κ2) is 6.71. The molecule has 0 fully saturated rings. The predicted molar refractivity (Wildman–Crippen MR) is 114 cm³/mol. The van der Waals surface area contributed by atoms with E-state index in [2.05, 4.69) is 29.1 Å². The summed E-state index contributed by atoms with van der Waals surface area (Å²) in [6, 6.07) is 14.5. The molecular weight excluding hydrogens is 365 g/mol. The van der Waals surface area contributed by atoms with Crippen LogP contribution in [0.25, 0.3) is 27.7 Å². The fourth-order valence-electron chi connectivity index (χ4n) is 4.36. The summed E-state index contributed by atoms with van der Waals surface area (Å²) in [6.07, 6.45) is 2.73. The largest absolute Gasteiger partial charge is 0.347 e. The lowest BCUT2D eigenvalue weighted by atomic mass is 10.0. The standard InChI is InChI=1S/C24H22FN3O/c1-15-3-5-18(21(25)11-15)16-8-10-28(24(29)12-16)17-4-6-19-20-14-26-9-7-22(20)27(2)23(19)13-17/h3-6,8,10-13,26H,7,9,14H2,1-2H3. The van der Waals surface area contributed by atoms with Crippen LogP contribution in [0.15, 0.2) is 59.5 Å². The summed E-state index contributed by atoms with van der Waals surface area (Å²) in [5.41, 5.74) is 6.34. The van der Waals surface area contributed by atoms with Crippen LogP contribution in [0.1, 0.15) is 16.8 Å². The fourth-order valence-corrected chi connectivity index (χ4v) is 4.36. The third-order valence-electron chi connectivity index (χ3n) is 5.89. The maximum Gasteiger partial charge on any atom is 0.255 e. The molecule has 0 spiro atoms. The number of aromatic nitrogens is 2. The van der Waals surface area contributed by atoms with E-state index in [9.17, 15) is 9.18 Å². The van der Waals surface area contributed by atoms with Gasteiger partial charge in [0.05, 0.1) is 11.2 Å². The van der Waals surface area contributed by atoms with Crippen LogP contribution in [0.4, 0.5) is 4.39 Å². The van der Waals surface area contributed by atoms with Crippen LogP contribution in [-0.2, 0) is 20.0 Å². The number of aryl methyl sites for hydroxylation is 2. The number of pyridine rings is 1. The molecular formula is C24H22FN3O. The number of nitrogens with one attached hydrogen (secondary N) is 1. The zero-order chi connectivity index (χ0) is 20.1. The van der Waals surface area contributed by atoms with Gasteiger partial charge in [-0.3, -0.25) is 9.36 Å². The van der Waals surface area contributed by atoms with Crippen LogP contribution in [-0.4, -0.2) is 15.7 Å². The van der Waals surface area contributed by atoms with Crippen LogP contribution in [0.5, 0.6) is 0 Å². The number of nitrogens with zero attached hydrogens (tertiary/aromatic N) is 2. The van der Waals surface area contributed by atoms with Gasteiger partial charge in [-0.25, -0.2) is 4.39 Å². The monoisotopic (exact) mass is 387 g/mol. The van der Waals surface area contributed by atoms with E-state index in [0.717, 1.165) is 36.3 Å². The van der Waals surface area contributed by atoms with E-state index in [0.29, 0.717) is 11.1 Å². The second-order valence-corrected chi connectivity index (χ2v) is 7.72. The van der Waals surface area contributed by atoms with Crippen LogP contribution in [0.3, 0.4) is 0 Å². The number of benzene rings is 2.